The smallest absolute Gasteiger partial charge is 0.332 e. The van der Waals surface area contributed by atoms with Crippen molar-refractivity contribution in [1.82, 2.24) is 0 Å². The fourth-order valence-corrected chi connectivity index (χ4v) is 4.46. The lowest BCUT2D eigenvalue weighted by atomic mass is 9.48. The lowest BCUT2D eigenvalue weighted by Gasteiger charge is -2.49. The van der Waals surface area contributed by atoms with Crippen LogP contribution in [0.25, 0.3) is 0 Å². The number of benzene rings is 1. The van der Waals surface area contributed by atoms with Gasteiger partial charge in [-0.25, -0.2) is 4.79 Å². The van der Waals surface area contributed by atoms with Crippen LogP contribution in [-0.4, -0.2) is 5.97 Å². The van der Waals surface area contributed by atoms with Gasteiger partial charge in [-0.1, -0.05) is 31.2 Å². The summed E-state index contributed by atoms with van der Waals surface area (Å²) >= 11 is 0. The standard InChI is InChI=1S/C20H17N3O2/c1-3-20-8-14(2)25-17(24)19(20,13-23)10-16-7-5-4-6-15(16)9-18(20,11-21)12-22/h4-8H,3,9-10H2,1-2H3/t19-,20+/m0/s1. The molecule has 1 aliphatic carbocycles. The third kappa shape index (κ3) is 1.89. The highest BCUT2D eigenvalue weighted by molar-refractivity contribution is 5.85. The van der Waals surface area contributed by atoms with Gasteiger partial charge in [0.1, 0.15) is 5.76 Å². The first-order valence-corrected chi connectivity index (χ1v) is 8.16. The Bertz CT molecular complexity index is 898. The molecule has 1 aromatic carbocycles. The van der Waals surface area contributed by atoms with Crippen molar-refractivity contribution in [3.05, 3.63) is 47.2 Å². The molecule has 0 aromatic heterocycles. The summed E-state index contributed by atoms with van der Waals surface area (Å²) in [5, 5.41) is 30.2. The molecule has 0 bridgehead atoms. The number of rotatable bonds is 1. The quantitative estimate of drug-likeness (QED) is 0.736. The maximum atomic E-state index is 12.9. The topological polar surface area (TPSA) is 97.7 Å². The first-order chi connectivity index (χ1) is 11.9. The SMILES string of the molecule is CC[C@]12C=C(C)OC(=O)[C@@]1(C#N)Cc1ccccc1CC2(C#N)C#N. The molecule has 25 heavy (non-hydrogen) atoms. The number of nitrogens with zero attached hydrogens (tertiary/aromatic N) is 3. The average Bonchev–Trinajstić information content (AvgIpc) is 2.73. The van der Waals surface area contributed by atoms with E-state index in [1.54, 1.807) is 13.0 Å². The van der Waals surface area contributed by atoms with Crippen LogP contribution in [-0.2, 0) is 22.4 Å². The number of carbonyl (C=O) groups is 1. The number of nitriles is 3. The second-order valence-electron chi connectivity index (χ2n) is 6.74. The highest BCUT2D eigenvalue weighted by Crippen LogP contribution is 2.62. The van der Waals surface area contributed by atoms with Crippen LogP contribution in [0.2, 0.25) is 0 Å². The Kier molecular flexibility index (Phi) is 3.66. The number of hydrogen-bond donors (Lipinski definition) is 0. The van der Waals surface area contributed by atoms with Crippen molar-refractivity contribution in [2.45, 2.75) is 33.1 Å². The van der Waals surface area contributed by atoms with Gasteiger partial charge < -0.3 is 4.74 Å². The van der Waals surface area contributed by atoms with Crippen LogP contribution in [0, 0.1) is 50.2 Å². The van der Waals surface area contributed by atoms with Gasteiger partial charge in [0.15, 0.2) is 10.8 Å². The Morgan fingerprint density at radius 2 is 1.68 bits per heavy atom. The van der Waals surface area contributed by atoms with Crippen LogP contribution in [0.5, 0.6) is 0 Å². The van der Waals surface area contributed by atoms with Crippen molar-refractivity contribution in [1.29, 1.82) is 15.8 Å². The zero-order valence-electron chi connectivity index (χ0n) is 14.2. The van der Waals surface area contributed by atoms with Gasteiger partial charge in [-0.2, -0.15) is 15.8 Å². The maximum absolute atomic E-state index is 12.9. The van der Waals surface area contributed by atoms with Crippen molar-refractivity contribution in [2.75, 3.05) is 0 Å². The Labute approximate surface area is 146 Å². The van der Waals surface area contributed by atoms with Crippen LogP contribution in [0.3, 0.4) is 0 Å². The van der Waals surface area contributed by atoms with Crippen molar-refractivity contribution in [3.8, 4) is 18.2 Å². The van der Waals surface area contributed by atoms with Crippen molar-refractivity contribution < 1.29 is 9.53 Å². The Balaban J connectivity index is 2.48. The van der Waals surface area contributed by atoms with Gasteiger partial charge in [0.2, 0.25) is 0 Å². The van der Waals surface area contributed by atoms with E-state index in [0.717, 1.165) is 11.1 Å². The molecule has 1 aliphatic heterocycles. The molecule has 1 aromatic rings. The number of fused-ring (bicyclic) bond motifs is 2. The summed E-state index contributed by atoms with van der Waals surface area (Å²) in [6.07, 6.45) is 2.27. The highest BCUT2D eigenvalue weighted by atomic mass is 16.5. The third-order valence-electron chi connectivity index (χ3n) is 5.73. The molecule has 0 unspecified atom stereocenters. The van der Waals surface area contributed by atoms with Crippen molar-refractivity contribution in [3.63, 3.8) is 0 Å². The first-order valence-electron chi connectivity index (χ1n) is 8.16. The van der Waals surface area contributed by atoms with Crippen molar-refractivity contribution >= 4 is 5.97 Å². The second kappa shape index (κ2) is 5.47. The maximum Gasteiger partial charge on any atom is 0.332 e. The van der Waals surface area contributed by atoms with Gasteiger partial charge in [-0.15, -0.1) is 0 Å². The number of allylic oxidation sites excluding steroid dienone is 2. The molecule has 0 fully saturated rings. The monoisotopic (exact) mass is 331 g/mol. The van der Waals surface area contributed by atoms with E-state index in [2.05, 4.69) is 18.2 Å². The average molecular weight is 331 g/mol. The number of hydrogen-bond acceptors (Lipinski definition) is 5. The van der Waals surface area contributed by atoms with Gasteiger partial charge in [-0.3, -0.25) is 0 Å². The Hall–Kier alpha value is -3.10. The molecule has 1 heterocycles. The van der Waals surface area contributed by atoms with Gasteiger partial charge in [-0.05, 0) is 30.5 Å². The Morgan fingerprint density at radius 1 is 1.08 bits per heavy atom. The molecule has 5 heteroatoms. The summed E-state index contributed by atoms with van der Waals surface area (Å²) in [6, 6.07) is 13.9. The Morgan fingerprint density at radius 3 is 2.20 bits per heavy atom. The van der Waals surface area contributed by atoms with Gasteiger partial charge >= 0.3 is 5.97 Å². The number of carbonyl (C=O) groups excluding carboxylic acids is 1. The van der Waals surface area contributed by atoms with Crippen LogP contribution >= 0.6 is 0 Å². The largest absolute Gasteiger partial charge is 0.430 e. The minimum Gasteiger partial charge on any atom is -0.430 e. The summed E-state index contributed by atoms with van der Waals surface area (Å²) in [6.45, 7) is 3.43. The zero-order chi connectivity index (χ0) is 18.3. The van der Waals surface area contributed by atoms with Crippen LogP contribution in [0.1, 0.15) is 31.4 Å². The van der Waals surface area contributed by atoms with Crippen LogP contribution in [0.4, 0.5) is 0 Å². The molecule has 2 atom stereocenters. The summed E-state index contributed by atoms with van der Waals surface area (Å²) in [4.78, 5) is 12.9. The summed E-state index contributed by atoms with van der Waals surface area (Å²) < 4.78 is 5.31. The molecule has 3 rings (SSSR count). The van der Waals surface area contributed by atoms with Gasteiger partial charge in [0, 0.05) is 12.8 Å². The minimum atomic E-state index is -1.61. The van der Waals surface area contributed by atoms with E-state index >= 15 is 0 Å². The van der Waals surface area contributed by atoms with Crippen LogP contribution in [0.15, 0.2) is 36.1 Å². The van der Waals surface area contributed by atoms with Crippen LogP contribution < -0.4 is 0 Å². The van der Waals surface area contributed by atoms with E-state index in [4.69, 9.17) is 4.74 Å². The lowest BCUT2D eigenvalue weighted by molar-refractivity contribution is -0.160. The fraction of sp³-hybridized carbons (Fsp3) is 0.400. The highest BCUT2D eigenvalue weighted by Gasteiger charge is 2.69. The van der Waals surface area contributed by atoms with Gasteiger partial charge in [0.25, 0.3) is 0 Å². The molecule has 0 amide bonds. The second-order valence-corrected chi connectivity index (χ2v) is 6.74. The molecule has 5 nitrogen and oxygen atoms in total. The number of esters is 1. The first kappa shape index (κ1) is 16.7. The molecule has 0 saturated carbocycles. The zero-order valence-corrected chi connectivity index (χ0v) is 14.2. The van der Waals surface area contributed by atoms with E-state index in [1.807, 2.05) is 31.2 Å². The van der Waals surface area contributed by atoms with E-state index in [-0.39, 0.29) is 12.8 Å². The lowest BCUT2D eigenvalue weighted by Crippen LogP contribution is -2.57. The van der Waals surface area contributed by atoms with E-state index < -0.39 is 22.2 Å². The summed E-state index contributed by atoms with van der Waals surface area (Å²) in [7, 11) is 0. The summed E-state index contributed by atoms with van der Waals surface area (Å²) in [5.74, 6) is -0.345. The molecular weight excluding hydrogens is 314 g/mol. The minimum absolute atomic E-state index is 0.126. The normalized spacial score (nSPS) is 29.4. The van der Waals surface area contributed by atoms with Gasteiger partial charge in [0.05, 0.1) is 23.6 Å². The molecule has 0 N–H and O–H groups in total. The van der Waals surface area contributed by atoms with E-state index in [0.29, 0.717) is 12.2 Å². The third-order valence-corrected chi connectivity index (χ3v) is 5.73. The predicted octanol–water partition coefficient (Wildman–Crippen LogP) is 3.19. The predicted molar refractivity (Wildman–Crippen MR) is 88.1 cm³/mol. The molecule has 0 spiro atoms. The molecule has 0 saturated heterocycles. The number of ether oxygens (including phenoxy) is 1. The fourth-order valence-electron chi connectivity index (χ4n) is 4.46. The molecule has 2 aliphatic rings. The van der Waals surface area contributed by atoms with E-state index in [9.17, 15) is 20.6 Å². The number of cyclic esters (lactones) is 1. The van der Waals surface area contributed by atoms with E-state index in [1.165, 1.54) is 0 Å². The summed E-state index contributed by atoms with van der Waals surface area (Å²) in [5.41, 5.74) is -2.76. The molecule has 0 radical (unpaired) electrons. The molecule has 124 valence electrons. The molecular formula is C20H17N3O2. The van der Waals surface area contributed by atoms with Crippen molar-refractivity contribution in [2.24, 2.45) is 16.2 Å².